The molecule has 1 aromatic rings. The molecule has 1 N–H and O–H groups in total. The minimum Gasteiger partial charge on any atom is -0.494 e. The summed E-state index contributed by atoms with van der Waals surface area (Å²) in [5.41, 5.74) is 0.146. The van der Waals surface area contributed by atoms with Crippen LogP contribution in [0.2, 0.25) is 0 Å². The van der Waals surface area contributed by atoms with Crippen LogP contribution in [0.4, 0.5) is 5.69 Å². The first kappa shape index (κ1) is 18.3. The Labute approximate surface area is 144 Å². The van der Waals surface area contributed by atoms with Gasteiger partial charge in [0.15, 0.2) is 0 Å². The number of ether oxygens (including phenoxy) is 2. The van der Waals surface area contributed by atoms with Gasteiger partial charge >= 0.3 is 0 Å². The summed E-state index contributed by atoms with van der Waals surface area (Å²) in [6, 6.07) is 7.30. The SMILES string of the molecule is CCCOc1ccc(NC(=O)C2(OCC)CCCCC2)c(C#N)c1. The summed E-state index contributed by atoms with van der Waals surface area (Å²) in [7, 11) is 0. The van der Waals surface area contributed by atoms with E-state index in [4.69, 9.17) is 9.47 Å². The zero-order chi connectivity index (χ0) is 17.4. The van der Waals surface area contributed by atoms with Crippen molar-refractivity contribution in [2.75, 3.05) is 18.5 Å². The molecule has 1 aromatic carbocycles. The highest BCUT2D eigenvalue weighted by molar-refractivity contribution is 5.98. The average molecular weight is 330 g/mol. The first-order valence-corrected chi connectivity index (χ1v) is 8.77. The van der Waals surface area contributed by atoms with E-state index in [0.29, 0.717) is 30.2 Å². The highest BCUT2D eigenvalue weighted by Gasteiger charge is 2.40. The second-order valence-electron chi connectivity index (χ2n) is 6.11. The molecule has 0 saturated heterocycles. The van der Waals surface area contributed by atoms with E-state index in [9.17, 15) is 10.1 Å². The van der Waals surface area contributed by atoms with E-state index in [1.807, 2.05) is 13.8 Å². The summed E-state index contributed by atoms with van der Waals surface area (Å²) in [6.45, 7) is 5.04. The quantitative estimate of drug-likeness (QED) is 0.819. The molecule has 0 heterocycles. The van der Waals surface area contributed by atoms with E-state index in [1.165, 1.54) is 0 Å². The van der Waals surface area contributed by atoms with Crippen molar-refractivity contribution in [2.45, 2.75) is 58.0 Å². The van der Waals surface area contributed by atoms with Crippen LogP contribution in [-0.2, 0) is 9.53 Å². The molecule has 0 spiro atoms. The van der Waals surface area contributed by atoms with Gasteiger partial charge in [-0.3, -0.25) is 4.79 Å². The molecule has 0 atom stereocenters. The molecule has 0 aliphatic heterocycles. The molecule has 1 saturated carbocycles. The molecule has 0 aromatic heterocycles. The van der Waals surface area contributed by atoms with Crippen LogP contribution in [0, 0.1) is 11.3 Å². The number of hydrogen-bond acceptors (Lipinski definition) is 4. The Hall–Kier alpha value is -2.06. The van der Waals surface area contributed by atoms with Gasteiger partial charge in [0.25, 0.3) is 5.91 Å². The zero-order valence-corrected chi connectivity index (χ0v) is 14.6. The molecular formula is C19H26N2O3. The van der Waals surface area contributed by atoms with Crippen LogP contribution in [0.1, 0.15) is 57.9 Å². The van der Waals surface area contributed by atoms with Gasteiger partial charge in [-0.15, -0.1) is 0 Å². The van der Waals surface area contributed by atoms with Gasteiger partial charge in [-0.25, -0.2) is 0 Å². The Balaban J connectivity index is 2.16. The molecule has 2 rings (SSSR count). The van der Waals surface area contributed by atoms with Gasteiger partial charge in [0.2, 0.25) is 0 Å². The third kappa shape index (κ3) is 4.27. The number of nitrogens with one attached hydrogen (secondary N) is 1. The summed E-state index contributed by atoms with van der Waals surface area (Å²) in [6.07, 6.45) is 5.47. The summed E-state index contributed by atoms with van der Waals surface area (Å²) in [5, 5.41) is 12.3. The molecule has 1 fully saturated rings. The number of hydrogen-bond donors (Lipinski definition) is 1. The standard InChI is InChI=1S/C19H26N2O3/c1-3-12-23-16-8-9-17(15(13-16)14-20)21-18(22)19(24-4-2)10-6-5-7-11-19/h8-9,13H,3-7,10-12H2,1-2H3,(H,21,22). The Morgan fingerprint density at radius 2 is 2.04 bits per heavy atom. The van der Waals surface area contributed by atoms with Crippen LogP contribution < -0.4 is 10.1 Å². The fraction of sp³-hybridized carbons (Fsp3) is 0.579. The van der Waals surface area contributed by atoms with E-state index in [0.717, 1.165) is 38.5 Å². The monoisotopic (exact) mass is 330 g/mol. The second kappa shape index (κ2) is 8.70. The summed E-state index contributed by atoms with van der Waals surface area (Å²) < 4.78 is 11.4. The van der Waals surface area contributed by atoms with Crippen molar-refractivity contribution in [3.8, 4) is 11.8 Å². The second-order valence-corrected chi connectivity index (χ2v) is 6.11. The van der Waals surface area contributed by atoms with Crippen molar-refractivity contribution >= 4 is 11.6 Å². The van der Waals surface area contributed by atoms with E-state index in [1.54, 1.807) is 18.2 Å². The summed E-state index contributed by atoms with van der Waals surface area (Å²) in [4.78, 5) is 12.8. The minimum absolute atomic E-state index is 0.150. The van der Waals surface area contributed by atoms with Crippen LogP contribution in [-0.4, -0.2) is 24.7 Å². The van der Waals surface area contributed by atoms with E-state index >= 15 is 0 Å². The van der Waals surface area contributed by atoms with Gasteiger partial charge in [0.05, 0.1) is 17.9 Å². The highest BCUT2D eigenvalue weighted by atomic mass is 16.5. The molecule has 0 bridgehead atoms. The molecule has 1 amide bonds. The van der Waals surface area contributed by atoms with Crippen LogP contribution in [0.15, 0.2) is 18.2 Å². The summed E-state index contributed by atoms with van der Waals surface area (Å²) >= 11 is 0. The minimum atomic E-state index is -0.767. The van der Waals surface area contributed by atoms with Gasteiger partial charge in [-0.2, -0.15) is 5.26 Å². The number of anilines is 1. The molecule has 24 heavy (non-hydrogen) atoms. The molecule has 1 aliphatic carbocycles. The number of nitrogens with zero attached hydrogens (tertiary/aromatic N) is 1. The Kier molecular flexibility index (Phi) is 6.62. The highest BCUT2D eigenvalue weighted by Crippen LogP contribution is 2.33. The first-order valence-electron chi connectivity index (χ1n) is 8.77. The third-order valence-corrected chi connectivity index (χ3v) is 4.33. The zero-order valence-electron chi connectivity index (χ0n) is 14.6. The van der Waals surface area contributed by atoms with Crippen LogP contribution >= 0.6 is 0 Å². The van der Waals surface area contributed by atoms with Crippen LogP contribution in [0.5, 0.6) is 5.75 Å². The molecular weight excluding hydrogens is 304 g/mol. The van der Waals surface area contributed by atoms with Gasteiger partial charge < -0.3 is 14.8 Å². The van der Waals surface area contributed by atoms with Crippen molar-refractivity contribution in [3.63, 3.8) is 0 Å². The van der Waals surface area contributed by atoms with Crippen molar-refractivity contribution in [2.24, 2.45) is 0 Å². The fourth-order valence-corrected chi connectivity index (χ4v) is 3.11. The van der Waals surface area contributed by atoms with Crippen LogP contribution in [0.25, 0.3) is 0 Å². The van der Waals surface area contributed by atoms with Gasteiger partial charge in [-0.05, 0) is 44.4 Å². The maximum absolute atomic E-state index is 12.8. The van der Waals surface area contributed by atoms with Gasteiger partial charge in [0.1, 0.15) is 17.4 Å². The average Bonchev–Trinajstić information content (AvgIpc) is 2.61. The van der Waals surface area contributed by atoms with Crippen molar-refractivity contribution < 1.29 is 14.3 Å². The predicted octanol–water partition coefficient (Wildman–Crippen LogP) is 4.02. The summed E-state index contributed by atoms with van der Waals surface area (Å²) in [5.74, 6) is 0.492. The third-order valence-electron chi connectivity index (χ3n) is 4.33. The van der Waals surface area contributed by atoms with E-state index in [-0.39, 0.29) is 5.91 Å². The van der Waals surface area contributed by atoms with Crippen molar-refractivity contribution in [1.82, 2.24) is 0 Å². The lowest BCUT2D eigenvalue weighted by atomic mass is 9.83. The Morgan fingerprint density at radius 3 is 2.67 bits per heavy atom. The van der Waals surface area contributed by atoms with Crippen molar-refractivity contribution in [3.05, 3.63) is 23.8 Å². The molecule has 5 nitrogen and oxygen atoms in total. The maximum Gasteiger partial charge on any atom is 0.256 e. The smallest absolute Gasteiger partial charge is 0.256 e. The Bertz CT molecular complexity index is 596. The number of benzene rings is 1. The molecule has 0 unspecified atom stereocenters. The first-order chi connectivity index (χ1) is 11.6. The number of rotatable bonds is 7. The van der Waals surface area contributed by atoms with Crippen molar-refractivity contribution in [1.29, 1.82) is 5.26 Å². The topological polar surface area (TPSA) is 71.3 Å². The largest absolute Gasteiger partial charge is 0.494 e. The molecule has 1 aliphatic rings. The molecule has 130 valence electrons. The normalized spacial score (nSPS) is 16.2. The fourth-order valence-electron chi connectivity index (χ4n) is 3.11. The lowest BCUT2D eigenvalue weighted by Gasteiger charge is -2.35. The predicted molar refractivity (Wildman–Crippen MR) is 93.0 cm³/mol. The van der Waals surface area contributed by atoms with E-state index in [2.05, 4.69) is 11.4 Å². The lowest BCUT2D eigenvalue weighted by Crippen LogP contribution is -2.47. The number of nitriles is 1. The number of carbonyl (C=O) groups is 1. The number of amides is 1. The Morgan fingerprint density at radius 1 is 1.29 bits per heavy atom. The van der Waals surface area contributed by atoms with Gasteiger partial charge in [0, 0.05) is 6.61 Å². The van der Waals surface area contributed by atoms with Crippen LogP contribution in [0.3, 0.4) is 0 Å². The van der Waals surface area contributed by atoms with Gasteiger partial charge in [-0.1, -0.05) is 26.2 Å². The molecule has 0 radical (unpaired) electrons. The molecule has 5 heteroatoms. The maximum atomic E-state index is 12.8. The van der Waals surface area contributed by atoms with E-state index < -0.39 is 5.60 Å². The number of carbonyl (C=O) groups excluding carboxylic acids is 1. The lowest BCUT2D eigenvalue weighted by molar-refractivity contribution is -0.145.